The van der Waals surface area contributed by atoms with Gasteiger partial charge >= 0.3 is 12.2 Å². The summed E-state index contributed by atoms with van der Waals surface area (Å²) in [7, 11) is 4.19. The van der Waals surface area contributed by atoms with Crippen LogP contribution in [0.5, 0.6) is 0 Å². The number of carbonyl (C=O) groups is 1. The Balaban J connectivity index is 1.50. The fourth-order valence-corrected chi connectivity index (χ4v) is 4.80. The van der Waals surface area contributed by atoms with E-state index in [2.05, 4.69) is 57.6 Å². The molecule has 0 aliphatic carbocycles. The van der Waals surface area contributed by atoms with Crippen LogP contribution in [0.2, 0.25) is 0 Å². The molecule has 1 saturated heterocycles. The van der Waals surface area contributed by atoms with Gasteiger partial charge in [-0.1, -0.05) is 24.3 Å². The van der Waals surface area contributed by atoms with Crippen LogP contribution >= 0.6 is 0 Å². The Morgan fingerprint density at radius 1 is 1.03 bits per heavy atom. The molecular formula is C25H32F3N5O. The molecule has 0 saturated carbocycles. The van der Waals surface area contributed by atoms with Crippen molar-refractivity contribution in [1.29, 1.82) is 0 Å². The molecule has 2 amide bonds. The maximum absolute atomic E-state index is 13.3. The van der Waals surface area contributed by atoms with Gasteiger partial charge in [0.1, 0.15) is 0 Å². The van der Waals surface area contributed by atoms with Crippen LogP contribution in [0.15, 0.2) is 42.5 Å². The number of carbonyl (C=O) groups excluding carboxylic acids is 1. The molecule has 1 atom stereocenters. The number of alkyl halides is 3. The molecule has 0 bridgehead atoms. The number of benzene rings is 2. The molecule has 2 aliphatic rings. The van der Waals surface area contributed by atoms with E-state index >= 15 is 0 Å². The number of hydrogen-bond acceptors (Lipinski definition) is 4. The summed E-state index contributed by atoms with van der Waals surface area (Å²) in [5.41, 5.74) is 2.55. The zero-order chi connectivity index (χ0) is 24.3. The lowest BCUT2D eigenvalue weighted by Crippen LogP contribution is -2.49. The van der Waals surface area contributed by atoms with Crippen LogP contribution in [0.25, 0.3) is 0 Å². The van der Waals surface area contributed by atoms with Crippen LogP contribution in [0.3, 0.4) is 0 Å². The van der Waals surface area contributed by atoms with Crippen LogP contribution in [-0.2, 0) is 12.6 Å². The number of likely N-dealkylation sites (N-methyl/N-ethyl adjacent to an activating group) is 1. The fourth-order valence-electron chi connectivity index (χ4n) is 4.80. The quantitative estimate of drug-likeness (QED) is 0.681. The van der Waals surface area contributed by atoms with Gasteiger partial charge in [-0.2, -0.15) is 13.2 Å². The Kier molecular flexibility index (Phi) is 7.33. The molecule has 0 unspecified atom stereocenters. The number of para-hydroxylation sites is 1. The largest absolute Gasteiger partial charge is 0.418 e. The summed E-state index contributed by atoms with van der Waals surface area (Å²) < 4.78 is 39.9. The zero-order valence-electron chi connectivity index (χ0n) is 19.7. The lowest BCUT2D eigenvalue weighted by atomic mass is 9.95. The summed E-state index contributed by atoms with van der Waals surface area (Å²) >= 11 is 0. The number of urea groups is 1. The number of nitrogens with one attached hydrogen (secondary N) is 2. The summed E-state index contributed by atoms with van der Waals surface area (Å²) in [4.78, 5) is 19.5. The number of rotatable bonds is 5. The van der Waals surface area contributed by atoms with Crippen molar-refractivity contribution >= 4 is 17.4 Å². The number of fused-ring (bicyclic) bond motifs is 1. The summed E-state index contributed by atoms with van der Waals surface area (Å²) in [6, 6.07) is 10.8. The van der Waals surface area contributed by atoms with Crippen molar-refractivity contribution in [2.75, 3.05) is 63.6 Å². The average Bonchev–Trinajstić information content (AvgIpc) is 2.80. The molecule has 1 fully saturated rings. The molecule has 2 aromatic carbocycles. The molecule has 6 nitrogen and oxygen atoms in total. The van der Waals surface area contributed by atoms with Crippen LogP contribution in [0.4, 0.5) is 29.3 Å². The first kappa shape index (κ1) is 24.3. The van der Waals surface area contributed by atoms with E-state index in [9.17, 15) is 18.0 Å². The van der Waals surface area contributed by atoms with E-state index < -0.39 is 17.8 Å². The van der Waals surface area contributed by atoms with Crippen molar-refractivity contribution in [3.05, 3.63) is 59.2 Å². The summed E-state index contributed by atoms with van der Waals surface area (Å²) in [6.45, 7) is 4.91. The highest BCUT2D eigenvalue weighted by Crippen LogP contribution is 2.35. The van der Waals surface area contributed by atoms with E-state index in [0.29, 0.717) is 6.54 Å². The van der Waals surface area contributed by atoms with Crippen molar-refractivity contribution in [3.8, 4) is 0 Å². The number of nitrogens with zero attached hydrogens (tertiary/aromatic N) is 3. The molecule has 9 heteroatoms. The highest BCUT2D eigenvalue weighted by atomic mass is 19.4. The van der Waals surface area contributed by atoms with Gasteiger partial charge in [-0.15, -0.1) is 0 Å². The number of hydrogen-bond donors (Lipinski definition) is 2. The van der Waals surface area contributed by atoms with E-state index in [4.69, 9.17) is 0 Å². The predicted molar refractivity (Wildman–Crippen MR) is 128 cm³/mol. The van der Waals surface area contributed by atoms with Crippen molar-refractivity contribution in [3.63, 3.8) is 0 Å². The number of halogens is 3. The van der Waals surface area contributed by atoms with Gasteiger partial charge in [-0.05, 0) is 49.2 Å². The normalized spacial score (nSPS) is 18.3. The first-order valence-corrected chi connectivity index (χ1v) is 11.7. The van der Waals surface area contributed by atoms with E-state index in [1.807, 2.05) is 0 Å². The minimum Gasteiger partial charge on any atom is -0.374 e. The van der Waals surface area contributed by atoms with Crippen molar-refractivity contribution < 1.29 is 18.0 Å². The molecule has 184 valence electrons. The number of amides is 2. The molecule has 0 spiro atoms. The Morgan fingerprint density at radius 2 is 1.76 bits per heavy atom. The molecule has 0 aromatic heterocycles. The Labute approximate surface area is 198 Å². The van der Waals surface area contributed by atoms with Gasteiger partial charge in [0, 0.05) is 52.0 Å². The average molecular weight is 476 g/mol. The molecule has 2 heterocycles. The van der Waals surface area contributed by atoms with E-state index in [1.165, 1.54) is 29.4 Å². The highest BCUT2D eigenvalue weighted by molar-refractivity contribution is 5.90. The van der Waals surface area contributed by atoms with Crippen LogP contribution in [-0.4, -0.2) is 69.2 Å². The third-order valence-corrected chi connectivity index (χ3v) is 6.75. The second-order valence-electron chi connectivity index (χ2n) is 9.15. The maximum Gasteiger partial charge on any atom is 0.418 e. The minimum atomic E-state index is -4.54. The second kappa shape index (κ2) is 10.2. The Hall–Kier alpha value is -2.78. The molecule has 4 rings (SSSR count). The lowest BCUT2D eigenvalue weighted by molar-refractivity contribution is -0.136. The summed E-state index contributed by atoms with van der Waals surface area (Å²) in [5.74, 6) is 0. The Bertz CT molecular complexity index is 1000. The first-order chi connectivity index (χ1) is 16.2. The van der Waals surface area contributed by atoms with E-state index in [0.717, 1.165) is 57.2 Å². The van der Waals surface area contributed by atoms with Crippen molar-refractivity contribution in [1.82, 2.24) is 15.1 Å². The maximum atomic E-state index is 13.3. The van der Waals surface area contributed by atoms with Gasteiger partial charge in [0.25, 0.3) is 0 Å². The fraction of sp³-hybridized carbons (Fsp3) is 0.480. The SMILES string of the molecule is CN1CCN([C@H](CNC(=O)Nc2ccccc2C(F)(F)F)c2ccc3c(c2)CCCN3C)CC1. The standard InChI is InChI=1S/C25H32F3N5O/c1-31-12-14-33(15-13-31)23(19-9-10-22-18(16-19)6-5-11-32(22)2)17-29-24(34)30-21-8-4-3-7-20(21)25(26,27)28/h3-4,7-10,16,23H,5-6,11-15,17H2,1-2H3,(H2,29,30,34)/t23-/m1/s1. The van der Waals surface area contributed by atoms with E-state index in [1.54, 1.807) is 0 Å². The summed E-state index contributed by atoms with van der Waals surface area (Å²) in [6.07, 6.45) is -2.42. The van der Waals surface area contributed by atoms with Gasteiger partial charge in [0.15, 0.2) is 0 Å². The predicted octanol–water partition coefficient (Wildman–Crippen LogP) is 4.20. The topological polar surface area (TPSA) is 50.9 Å². The van der Waals surface area contributed by atoms with Crippen LogP contribution < -0.4 is 15.5 Å². The van der Waals surface area contributed by atoms with Crippen molar-refractivity contribution in [2.45, 2.75) is 25.1 Å². The monoisotopic (exact) mass is 475 g/mol. The molecule has 34 heavy (non-hydrogen) atoms. The van der Waals surface area contributed by atoms with Gasteiger partial charge < -0.3 is 20.4 Å². The van der Waals surface area contributed by atoms with Gasteiger partial charge in [0.2, 0.25) is 0 Å². The molecule has 0 radical (unpaired) electrons. The van der Waals surface area contributed by atoms with E-state index in [-0.39, 0.29) is 11.7 Å². The number of aryl methyl sites for hydroxylation is 1. The number of piperazine rings is 1. The molecule has 2 aromatic rings. The minimum absolute atomic E-state index is 0.0603. The molecule has 2 N–H and O–H groups in total. The lowest BCUT2D eigenvalue weighted by Gasteiger charge is -2.39. The van der Waals surface area contributed by atoms with Crippen molar-refractivity contribution in [2.24, 2.45) is 0 Å². The van der Waals surface area contributed by atoms with Gasteiger partial charge in [0.05, 0.1) is 17.3 Å². The third kappa shape index (κ3) is 5.64. The van der Waals surface area contributed by atoms with Gasteiger partial charge in [-0.3, -0.25) is 4.90 Å². The summed E-state index contributed by atoms with van der Waals surface area (Å²) in [5, 5.41) is 5.21. The van der Waals surface area contributed by atoms with Gasteiger partial charge in [-0.25, -0.2) is 4.79 Å². The number of anilines is 2. The third-order valence-electron chi connectivity index (χ3n) is 6.75. The zero-order valence-corrected chi connectivity index (χ0v) is 19.7. The highest BCUT2D eigenvalue weighted by Gasteiger charge is 2.33. The van der Waals surface area contributed by atoms with Crippen LogP contribution in [0.1, 0.15) is 29.2 Å². The Morgan fingerprint density at radius 3 is 2.50 bits per heavy atom. The molecule has 2 aliphatic heterocycles. The first-order valence-electron chi connectivity index (χ1n) is 11.7. The van der Waals surface area contributed by atoms with Crippen LogP contribution in [0, 0.1) is 0 Å². The second-order valence-corrected chi connectivity index (χ2v) is 9.15. The molecular weight excluding hydrogens is 443 g/mol. The smallest absolute Gasteiger partial charge is 0.374 e.